The van der Waals surface area contributed by atoms with Gasteiger partial charge in [-0.3, -0.25) is 0 Å². The molecule has 0 spiro atoms. The summed E-state index contributed by atoms with van der Waals surface area (Å²) in [6, 6.07) is 28.0. The standard InChI is InChI=1S/C26H20N2/c27-22-11-5-3-9-19(22)21-15-17-14-13-16-7-1-2-8-18(16)24(17)25-20-10-4-6-12-23(20)28-26(21)25/h1-12,15,28H,13-14,27H2. The second-order valence-electron chi connectivity index (χ2n) is 7.62. The molecule has 0 radical (unpaired) electrons. The number of nitrogens with two attached hydrogens (primary N) is 1. The van der Waals surface area contributed by atoms with E-state index in [1.54, 1.807) is 0 Å². The van der Waals surface area contributed by atoms with E-state index in [0.29, 0.717) is 0 Å². The van der Waals surface area contributed by atoms with E-state index in [0.717, 1.165) is 24.1 Å². The highest BCUT2D eigenvalue weighted by Gasteiger charge is 2.23. The smallest absolute Gasteiger partial charge is 0.0551 e. The molecule has 0 amide bonds. The number of H-pyrrole nitrogens is 1. The predicted molar refractivity (Wildman–Crippen MR) is 118 cm³/mol. The molecule has 4 aromatic carbocycles. The fraction of sp³-hybridized carbons (Fsp3) is 0.0769. The molecule has 0 unspecified atom stereocenters. The van der Waals surface area contributed by atoms with Crippen molar-refractivity contribution in [1.29, 1.82) is 0 Å². The molecule has 0 saturated heterocycles. The first kappa shape index (κ1) is 15.5. The minimum absolute atomic E-state index is 0.818. The van der Waals surface area contributed by atoms with E-state index < -0.39 is 0 Å². The summed E-state index contributed by atoms with van der Waals surface area (Å²) in [5.41, 5.74) is 17.4. The van der Waals surface area contributed by atoms with Crippen molar-refractivity contribution in [3.05, 3.63) is 90.0 Å². The van der Waals surface area contributed by atoms with Crippen LogP contribution in [0.2, 0.25) is 0 Å². The number of aryl methyl sites for hydroxylation is 2. The Morgan fingerprint density at radius 2 is 1.39 bits per heavy atom. The molecule has 1 aromatic heterocycles. The number of fused-ring (bicyclic) bond motifs is 7. The number of nitrogen functional groups attached to an aromatic ring is 1. The summed E-state index contributed by atoms with van der Waals surface area (Å²) in [4.78, 5) is 3.70. The Labute approximate surface area is 163 Å². The number of aromatic amines is 1. The van der Waals surface area contributed by atoms with Crippen LogP contribution < -0.4 is 5.73 Å². The van der Waals surface area contributed by atoms with Crippen molar-refractivity contribution in [2.75, 3.05) is 5.73 Å². The minimum atomic E-state index is 0.818. The van der Waals surface area contributed by atoms with Crippen LogP contribution in [-0.2, 0) is 12.8 Å². The Morgan fingerprint density at radius 3 is 2.29 bits per heavy atom. The van der Waals surface area contributed by atoms with Gasteiger partial charge in [0.2, 0.25) is 0 Å². The second kappa shape index (κ2) is 5.74. The van der Waals surface area contributed by atoms with Gasteiger partial charge in [0.25, 0.3) is 0 Å². The van der Waals surface area contributed by atoms with E-state index in [4.69, 9.17) is 5.73 Å². The largest absolute Gasteiger partial charge is 0.398 e. The minimum Gasteiger partial charge on any atom is -0.398 e. The predicted octanol–water partition coefficient (Wildman–Crippen LogP) is 6.34. The molecule has 5 aromatic rings. The molecule has 134 valence electrons. The third-order valence-corrected chi connectivity index (χ3v) is 6.07. The zero-order valence-corrected chi connectivity index (χ0v) is 15.5. The van der Waals surface area contributed by atoms with Crippen LogP contribution in [0.15, 0.2) is 78.9 Å². The van der Waals surface area contributed by atoms with Gasteiger partial charge in [0, 0.05) is 33.1 Å². The molecular formula is C26H20N2. The monoisotopic (exact) mass is 360 g/mol. The van der Waals surface area contributed by atoms with Crippen molar-refractivity contribution in [2.24, 2.45) is 0 Å². The number of rotatable bonds is 1. The lowest BCUT2D eigenvalue weighted by Crippen LogP contribution is -2.05. The fourth-order valence-corrected chi connectivity index (χ4v) is 4.79. The molecule has 1 heterocycles. The highest BCUT2D eigenvalue weighted by molar-refractivity contribution is 6.19. The molecule has 2 heteroatoms. The summed E-state index contributed by atoms with van der Waals surface area (Å²) >= 11 is 0. The summed E-state index contributed by atoms with van der Waals surface area (Å²) < 4.78 is 0. The number of hydrogen-bond donors (Lipinski definition) is 2. The average molecular weight is 360 g/mol. The van der Waals surface area contributed by atoms with Crippen LogP contribution >= 0.6 is 0 Å². The quantitative estimate of drug-likeness (QED) is 0.337. The summed E-state index contributed by atoms with van der Waals surface area (Å²) in [5.74, 6) is 0. The van der Waals surface area contributed by atoms with E-state index in [9.17, 15) is 0 Å². The molecule has 1 aliphatic rings. The number of para-hydroxylation sites is 2. The third-order valence-electron chi connectivity index (χ3n) is 6.07. The van der Waals surface area contributed by atoms with Crippen molar-refractivity contribution in [1.82, 2.24) is 4.98 Å². The molecule has 2 nitrogen and oxygen atoms in total. The van der Waals surface area contributed by atoms with Crippen LogP contribution in [0.1, 0.15) is 11.1 Å². The van der Waals surface area contributed by atoms with Gasteiger partial charge in [-0.05, 0) is 53.3 Å². The number of benzene rings is 4. The van der Waals surface area contributed by atoms with Gasteiger partial charge >= 0.3 is 0 Å². The SMILES string of the molecule is Nc1ccccc1-c1cc2c(c3c1[nH]c1ccccc13)-c1ccccc1CC2. The lowest BCUT2D eigenvalue weighted by atomic mass is 9.81. The summed E-state index contributed by atoms with van der Waals surface area (Å²) in [5, 5.41) is 2.60. The summed E-state index contributed by atoms with van der Waals surface area (Å²) in [6.07, 6.45) is 2.14. The lowest BCUT2D eigenvalue weighted by Gasteiger charge is -2.23. The number of aromatic nitrogens is 1. The van der Waals surface area contributed by atoms with Gasteiger partial charge in [0.05, 0.1) is 5.52 Å². The number of nitrogens with one attached hydrogen (secondary N) is 1. The first-order valence-corrected chi connectivity index (χ1v) is 9.81. The average Bonchev–Trinajstić information content (AvgIpc) is 3.13. The molecule has 0 saturated carbocycles. The number of hydrogen-bond acceptors (Lipinski definition) is 1. The molecule has 0 bridgehead atoms. The van der Waals surface area contributed by atoms with Gasteiger partial charge in [-0.15, -0.1) is 0 Å². The van der Waals surface area contributed by atoms with Crippen LogP contribution in [0, 0.1) is 0 Å². The maximum absolute atomic E-state index is 6.38. The third kappa shape index (κ3) is 2.09. The highest BCUT2D eigenvalue weighted by Crippen LogP contribution is 2.46. The van der Waals surface area contributed by atoms with Gasteiger partial charge in [-0.2, -0.15) is 0 Å². The van der Waals surface area contributed by atoms with Gasteiger partial charge in [-0.1, -0.05) is 60.7 Å². The van der Waals surface area contributed by atoms with Crippen molar-refractivity contribution in [3.63, 3.8) is 0 Å². The first-order chi connectivity index (χ1) is 13.8. The molecular weight excluding hydrogens is 340 g/mol. The van der Waals surface area contributed by atoms with Crippen molar-refractivity contribution in [2.45, 2.75) is 12.8 Å². The maximum atomic E-state index is 6.38. The molecule has 0 aliphatic heterocycles. The van der Waals surface area contributed by atoms with Crippen molar-refractivity contribution in [3.8, 4) is 22.3 Å². The van der Waals surface area contributed by atoms with Crippen LogP contribution in [0.25, 0.3) is 44.1 Å². The van der Waals surface area contributed by atoms with Gasteiger partial charge in [-0.25, -0.2) is 0 Å². The van der Waals surface area contributed by atoms with Crippen LogP contribution in [0.4, 0.5) is 5.69 Å². The van der Waals surface area contributed by atoms with Crippen molar-refractivity contribution < 1.29 is 0 Å². The zero-order chi connectivity index (χ0) is 18.7. The second-order valence-corrected chi connectivity index (χ2v) is 7.62. The Balaban J connectivity index is 1.82. The first-order valence-electron chi connectivity index (χ1n) is 9.81. The number of anilines is 1. The summed E-state index contributed by atoms with van der Waals surface area (Å²) in [6.45, 7) is 0. The summed E-state index contributed by atoms with van der Waals surface area (Å²) in [7, 11) is 0. The normalized spacial score (nSPS) is 12.9. The van der Waals surface area contributed by atoms with E-state index in [1.807, 2.05) is 12.1 Å². The Bertz CT molecular complexity index is 1370. The van der Waals surface area contributed by atoms with Gasteiger partial charge in [0.1, 0.15) is 0 Å². The molecule has 3 N–H and O–H groups in total. The molecule has 0 fully saturated rings. The molecule has 0 atom stereocenters. The molecule has 6 rings (SSSR count). The fourth-order valence-electron chi connectivity index (χ4n) is 4.79. The Morgan fingerprint density at radius 1 is 0.679 bits per heavy atom. The maximum Gasteiger partial charge on any atom is 0.0551 e. The van der Waals surface area contributed by atoms with E-state index >= 15 is 0 Å². The lowest BCUT2D eigenvalue weighted by molar-refractivity contribution is 0.945. The molecule has 1 aliphatic carbocycles. The topological polar surface area (TPSA) is 41.8 Å². The van der Waals surface area contributed by atoms with E-state index in [2.05, 4.69) is 71.7 Å². The molecule has 28 heavy (non-hydrogen) atoms. The Kier molecular flexibility index (Phi) is 3.18. The van der Waals surface area contributed by atoms with E-state index in [1.165, 1.54) is 49.6 Å². The van der Waals surface area contributed by atoms with Crippen LogP contribution in [0.5, 0.6) is 0 Å². The van der Waals surface area contributed by atoms with Crippen molar-refractivity contribution >= 4 is 27.5 Å². The van der Waals surface area contributed by atoms with E-state index in [-0.39, 0.29) is 0 Å². The van der Waals surface area contributed by atoms with Crippen LogP contribution in [-0.4, -0.2) is 4.98 Å². The van der Waals surface area contributed by atoms with Crippen LogP contribution in [0.3, 0.4) is 0 Å². The van der Waals surface area contributed by atoms with Gasteiger partial charge in [0.15, 0.2) is 0 Å². The Hall–Kier alpha value is -3.52. The zero-order valence-electron chi connectivity index (χ0n) is 15.5. The highest BCUT2D eigenvalue weighted by atomic mass is 14.7. The van der Waals surface area contributed by atoms with Gasteiger partial charge < -0.3 is 10.7 Å².